The first-order chi connectivity index (χ1) is 11.9. The summed E-state index contributed by atoms with van der Waals surface area (Å²) in [6.07, 6.45) is 2.04. The summed E-state index contributed by atoms with van der Waals surface area (Å²) in [6.45, 7) is 7.16. The molecule has 0 bridgehead atoms. The third-order valence-corrected chi connectivity index (χ3v) is 5.06. The van der Waals surface area contributed by atoms with Gasteiger partial charge in [-0.1, -0.05) is 0 Å². The standard InChI is InChI=1S/C19H25FN4O.ClH/c1-12(21)15-5-4-10-23(11-15)19(25)18-13(2)22-24(14(18)3)17-8-6-16(20)7-9-17;/h6-9,12,15H,4-5,10-11,21H2,1-3H3;1H. The lowest BCUT2D eigenvalue weighted by atomic mass is 9.91. The first-order valence-electron chi connectivity index (χ1n) is 8.75. The van der Waals surface area contributed by atoms with Gasteiger partial charge in [0.25, 0.3) is 5.91 Å². The Hall–Kier alpha value is -1.92. The molecule has 2 aromatic rings. The zero-order chi connectivity index (χ0) is 18.1. The van der Waals surface area contributed by atoms with E-state index in [9.17, 15) is 9.18 Å². The number of hydrogen-bond acceptors (Lipinski definition) is 3. The van der Waals surface area contributed by atoms with Crippen LogP contribution in [0.4, 0.5) is 4.39 Å². The number of aryl methyl sites for hydroxylation is 1. The minimum absolute atomic E-state index is 0. The summed E-state index contributed by atoms with van der Waals surface area (Å²) in [7, 11) is 0. The monoisotopic (exact) mass is 380 g/mol. The average Bonchev–Trinajstić information content (AvgIpc) is 2.89. The number of halogens is 2. The molecule has 142 valence electrons. The summed E-state index contributed by atoms with van der Waals surface area (Å²) in [6, 6.07) is 6.20. The van der Waals surface area contributed by atoms with Gasteiger partial charge in [-0.15, -0.1) is 12.4 Å². The number of piperidine rings is 1. The van der Waals surface area contributed by atoms with Crippen LogP contribution in [-0.4, -0.2) is 39.7 Å². The van der Waals surface area contributed by atoms with Crippen LogP contribution in [0.1, 0.15) is 41.5 Å². The normalized spacial score (nSPS) is 18.3. The minimum atomic E-state index is -0.295. The van der Waals surface area contributed by atoms with Crippen molar-refractivity contribution in [2.24, 2.45) is 11.7 Å². The van der Waals surface area contributed by atoms with Crippen LogP contribution in [0.25, 0.3) is 5.69 Å². The Bertz CT molecular complexity index is 773. The van der Waals surface area contributed by atoms with Crippen molar-refractivity contribution in [1.29, 1.82) is 0 Å². The molecule has 0 radical (unpaired) electrons. The van der Waals surface area contributed by atoms with Gasteiger partial charge in [0.1, 0.15) is 5.82 Å². The fourth-order valence-corrected chi connectivity index (χ4v) is 3.57. The lowest BCUT2D eigenvalue weighted by Crippen LogP contribution is -2.45. The molecular formula is C19H26ClFN4O. The second-order valence-electron chi connectivity index (χ2n) is 6.95. The van der Waals surface area contributed by atoms with Gasteiger partial charge in [-0.25, -0.2) is 9.07 Å². The Morgan fingerprint density at radius 1 is 1.31 bits per heavy atom. The van der Waals surface area contributed by atoms with Gasteiger partial charge in [-0.05, 0) is 63.8 Å². The Morgan fingerprint density at radius 3 is 2.58 bits per heavy atom. The highest BCUT2D eigenvalue weighted by molar-refractivity contribution is 5.96. The molecule has 2 unspecified atom stereocenters. The molecule has 1 saturated heterocycles. The topological polar surface area (TPSA) is 64.2 Å². The minimum Gasteiger partial charge on any atom is -0.338 e. The number of nitrogens with zero attached hydrogens (tertiary/aromatic N) is 3. The molecule has 1 aliphatic heterocycles. The van der Waals surface area contributed by atoms with Crippen molar-refractivity contribution < 1.29 is 9.18 Å². The van der Waals surface area contributed by atoms with Crippen LogP contribution in [0.3, 0.4) is 0 Å². The van der Waals surface area contributed by atoms with E-state index in [1.165, 1.54) is 12.1 Å². The zero-order valence-electron chi connectivity index (χ0n) is 15.4. The fourth-order valence-electron chi connectivity index (χ4n) is 3.57. The second-order valence-corrected chi connectivity index (χ2v) is 6.95. The molecule has 1 fully saturated rings. The van der Waals surface area contributed by atoms with Crippen molar-refractivity contribution in [3.63, 3.8) is 0 Å². The summed E-state index contributed by atoms with van der Waals surface area (Å²) >= 11 is 0. The predicted octanol–water partition coefficient (Wildman–Crippen LogP) is 3.25. The van der Waals surface area contributed by atoms with Crippen LogP contribution in [0.2, 0.25) is 0 Å². The summed E-state index contributed by atoms with van der Waals surface area (Å²) < 4.78 is 14.9. The molecule has 5 nitrogen and oxygen atoms in total. The third kappa shape index (κ3) is 3.91. The van der Waals surface area contributed by atoms with Crippen molar-refractivity contribution in [1.82, 2.24) is 14.7 Å². The highest BCUT2D eigenvalue weighted by atomic mass is 35.5. The number of hydrogen-bond donors (Lipinski definition) is 1. The maximum absolute atomic E-state index is 13.2. The van der Waals surface area contributed by atoms with Gasteiger partial charge in [0.05, 0.1) is 22.6 Å². The Labute approximate surface area is 159 Å². The largest absolute Gasteiger partial charge is 0.338 e. The second kappa shape index (κ2) is 8.18. The Morgan fingerprint density at radius 2 is 1.96 bits per heavy atom. The van der Waals surface area contributed by atoms with Gasteiger partial charge in [-0.2, -0.15) is 5.10 Å². The molecule has 2 N–H and O–H groups in total. The van der Waals surface area contributed by atoms with Gasteiger partial charge >= 0.3 is 0 Å². The lowest BCUT2D eigenvalue weighted by Gasteiger charge is -2.34. The molecule has 2 heterocycles. The van der Waals surface area contributed by atoms with Gasteiger partial charge in [-0.3, -0.25) is 4.79 Å². The van der Waals surface area contributed by atoms with E-state index in [1.807, 2.05) is 25.7 Å². The zero-order valence-corrected chi connectivity index (χ0v) is 16.2. The van der Waals surface area contributed by atoms with E-state index in [1.54, 1.807) is 16.8 Å². The van der Waals surface area contributed by atoms with Gasteiger partial charge < -0.3 is 10.6 Å². The highest BCUT2D eigenvalue weighted by Gasteiger charge is 2.29. The predicted molar refractivity (Wildman–Crippen MR) is 103 cm³/mol. The summed E-state index contributed by atoms with van der Waals surface area (Å²) in [5.41, 5.74) is 8.88. The Balaban J connectivity index is 0.00000243. The van der Waals surface area contributed by atoms with E-state index in [-0.39, 0.29) is 30.2 Å². The number of benzene rings is 1. The lowest BCUT2D eigenvalue weighted by molar-refractivity contribution is 0.0659. The molecule has 0 spiro atoms. The van der Waals surface area contributed by atoms with Crippen molar-refractivity contribution in [2.45, 2.75) is 39.7 Å². The summed E-state index contributed by atoms with van der Waals surface area (Å²) in [5.74, 6) is 0.0519. The number of nitrogens with two attached hydrogens (primary N) is 1. The van der Waals surface area contributed by atoms with Crippen molar-refractivity contribution in [3.8, 4) is 5.69 Å². The third-order valence-electron chi connectivity index (χ3n) is 5.06. The van der Waals surface area contributed by atoms with E-state index >= 15 is 0 Å². The first kappa shape index (κ1) is 20.4. The summed E-state index contributed by atoms with van der Waals surface area (Å²) in [4.78, 5) is 15.0. The smallest absolute Gasteiger partial charge is 0.257 e. The first-order valence-corrected chi connectivity index (χ1v) is 8.75. The molecule has 3 rings (SSSR count). The number of rotatable bonds is 3. The maximum Gasteiger partial charge on any atom is 0.257 e. The van der Waals surface area contributed by atoms with Gasteiger partial charge in [0, 0.05) is 19.1 Å². The average molecular weight is 381 g/mol. The van der Waals surface area contributed by atoms with E-state index < -0.39 is 0 Å². The molecule has 1 amide bonds. The van der Waals surface area contributed by atoms with Crippen LogP contribution in [0, 0.1) is 25.6 Å². The molecule has 0 saturated carbocycles. The maximum atomic E-state index is 13.2. The fraction of sp³-hybridized carbons (Fsp3) is 0.474. The molecule has 7 heteroatoms. The van der Waals surface area contributed by atoms with Gasteiger partial charge in [0.15, 0.2) is 0 Å². The van der Waals surface area contributed by atoms with Gasteiger partial charge in [0.2, 0.25) is 0 Å². The van der Waals surface area contributed by atoms with E-state index in [2.05, 4.69) is 5.10 Å². The van der Waals surface area contributed by atoms with E-state index in [4.69, 9.17) is 5.73 Å². The van der Waals surface area contributed by atoms with Crippen LogP contribution >= 0.6 is 12.4 Å². The Kier molecular flexibility index (Phi) is 6.42. The van der Waals surface area contributed by atoms with Crippen LogP contribution < -0.4 is 5.73 Å². The number of likely N-dealkylation sites (tertiary alicyclic amines) is 1. The van der Waals surface area contributed by atoms with Crippen molar-refractivity contribution >= 4 is 18.3 Å². The number of amides is 1. The molecule has 1 aliphatic rings. The molecule has 1 aromatic heterocycles. The van der Waals surface area contributed by atoms with Crippen molar-refractivity contribution in [3.05, 3.63) is 47.0 Å². The van der Waals surface area contributed by atoms with E-state index in [0.717, 1.165) is 30.8 Å². The highest BCUT2D eigenvalue weighted by Crippen LogP contribution is 2.24. The molecule has 2 atom stereocenters. The molecular weight excluding hydrogens is 355 g/mol. The number of aromatic nitrogens is 2. The van der Waals surface area contributed by atoms with E-state index in [0.29, 0.717) is 23.7 Å². The van der Waals surface area contributed by atoms with Crippen molar-refractivity contribution in [2.75, 3.05) is 13.1 Å². The number of carbonyl (C=O) groups excluding carboxylic acids is 1. The van der Waals surface area contributed by atoms with Crippen LogP contribution in [-0.2, 0) is 0 Å². The summed E-state index contributed by atoms with van der Waals surface area (Å²) in [5, 5.41) is 4.50. The number of carbonyl (C=O) groups is 1. The molecule has 0 aliphatic carbocycles. The van der Waals surface area contributed by atoms with Crippen LogP contribution in [0.5, 0.6) is 0 Å². The molecule has 1 aromatic carbocycles. The quantitative estimate of drug-likeness (QED) is 0.888. The SMILES string of the molecule is Cc1nn(-c2ccc(F)cc2)c(C)c1C(=O)N1CCCC(C(C)N)C1.Cl. The molecule has 26 heavy (non-hydrogen) atoms. The van der Waals surface area contributed by atoms with Crippen LogP contribution in [0.15, 0.2) is 24.3 Å².